The van der Waals surface area contributed by atoms with Crippen molar-refractivity contribution in [1.29, 1.82) is 0 Å². The zero-order valence-electron chi connectivity index (χ0n) is 13.7. The van der Waals surface area contributed by atoms with E-state index in [4.69, 9.17) is 0 Å². The topological polar surface area (TPSA) is 45.5 Å². The molecule has 2 unspecified atom stereocenters. The van der Waals surface area contributed by atoms with Crippen molar-refractivity contribution in [3.05, 3.63) is 28.2 Å². The predicted octanol–water partition coefficient (Wildman–Crippen LogP) is 2.69. The summed E-state index contributed by atoms with van der Waals surface area (Å²) in [5.74, 6) is 1.73. The van der Waals surface area contributed by atoms with Gasteiger partial charge < -0.3 is 9.67 Å². The number of aromatic hydroxyl groups is 1. The Hall–Kier alpha value is -1.29. The van der Waals surface area contributed by atoms with E-state index in [1.54, 1.807) is 12.3 Å². The summed E-state index contributed by atoms with van der Waals surface area (Å²) in [6, 6.07) is 1.60. The number of rotatable bonds is 4. The van der Waals surface area contributed by atoms with Gasteiger partial charge in [0.1, 0.15) is 0 Å². The van der Waals surface area contributed by atoms with Gasteiger partial charge in [-0.05, 0) is 24.2 Å². The first kappa shape index (κ1) is 16.1. The highest BCUT2D eigenvalue weighted by Gasteiger charge is 2.22. The minimum absolute atomic E-state index is 0.153. The van der Waals surface area contributed by atoms with E-state index < -0.39 is 0 Å². The van der Waals surface area contributed by atoms with Gasteiger partial charge >= 0.3 is 0 Å². The van der Waals surface area contributed by atoms with E-state index in [1.165, 1.54) is 6.42 Å². The third-order valence-corrected chi connectivity index (χ3v) is 4.09. The zero-order chi connectivity index (χ0) is 15.6. The molecule has 2 heterocycles. The van der Waals surface area contributed by atoms with Crippen LogP contribution in [0.3, 0.4) is 0 Å². The molecule has 1 aromatic heterocycles. The van der Waals surface area contributed by atoms with Crippen molar-refractivity contribution < 1.29 is 5.11 Å². The Morgan fingerprint density at radius 3 is 2.48 bits per heavy atom. The van der Waals surface area contributed by atoms with Crippen LogP contribution >= 0.6 is 0 Å². The van der Waals surface area contributed by atoms with E-state index >= 15 is 0 Å². The van der Waals surface area contributed by atoms with Crippen molar-refractivity contribution in [3.8, 4) is 5.75 Å². The molecule has 0 bridgehead atoms. The van der Waals surface area contributed by atoms with Crippen molar-refractivity contribution in [2.45, 2.75) is 47.2 Å². The van der Waals surface area contributed by atoms with E-state index in [2.05, 4.69) is 32.6 Å². The van der Waals surface area contributed by atoms with E-state index in [1.807, 2.05) is 4.57 Å². The largest absolute Gasteiger partial charge is 0.503 e. The molecule has 0 aromatic carbocycles. The van der Waals surface area contributed by atoms with Crippen LogP contribution in [0, 0.1) is 17.8 Å². The molecule has 2 rings (SSSR count). The number of hydrogen-bond acceptors (Lipinski definition) is 3. The van der Waals surface area contributed by atoms with Gasteiger partial charge in [-0.1, -0.05) is 27.7 Å². The van der Waals surface area contributed by atoms with Gasteiger partial charge in [0.25, 0.3) is 0 Å². The van der Waals surface area contributed by atoms with Crippen LogP contribution in [0.4, 0.5) is 0 Å². The Kier molecular flexibility index (Phi) is 5.09. The maximum atomic E-state index is 11.8. The minimum atomic E-state index is -0.275. The Morgan fingerprint density at radius 2 is 1.90 bits per heavy atom. The molecule has 4 nitrogen and oxygen atoms in total. The summed E-state index contributed by atoms with van der Waals surface area (Å²) in [4.78, 5) is 14.2. The third-order valence-electron chi connectivity index (χ3n) is 4.09. The molecule has 2 atom stereocenters. The van der Waals surface area contributed by atoms with Crippen LogP contribution in [0.2, 0.25) is 0 Å². The molecule has 1 fully saturated rings. The van der Waals surface area contributed by atoms with Crippen LogP contribution in [0.25, 0.3) is 0 Å². The van der Waals surface area contributed by atoms with Crippen molar-refractivity contribution in [1.82, 2.24) is 9.47 Å². The highest BCUT2D eigenvalue weighted by atomic mass is 16.3. The number of pyridine rings is 1. The summed E-state index contributed by atoms with van der Waals surface area (Å²) >= 11 is 0. The van der Waals surface area contributed by atoms with Gasteiger partial charge in [0.15, 0.2) is 5.75 Å². The minimum Gasteiger partial charge on any atom is -0.503 e. The normalized spacial score (nSPS) is 23.7. The highest BCUT2D eigenvalue weighted by Crippen LogP contribution is 2.22. The third kappa shape index (κ3) is 4.34. The Labute approximate surface area is 127 Å². The van der Waals surface area contributed by atoms with Crippen LogP contribution in [0.1, 0.15) is 39.8 Å². The average molecular weight is 292 g/mol. The molecule has 4 heteroatoms. The number of likely N-dealkylation sites (tertiary alicyclic amines) is 1. The molecule has 0 aliphatic carbocycles. The second kappa shape index (κ2) is 6.65. The predicted molar refractivity (Wildman–Crippen MR) is 85.4 cm³/mol. The molecule has 21 heavy (non-hydrogen) atoms. The lowest BCUT2D eigenvalue weighted by molar-refractivity contribution is 0.131. The van der Waals surface area contributed by atoms with Gasteiger partial charge in [0.05, 0.1) is 6.20 Å². The monoisotopic (exact) mass is 292 g/mol. The molecule has 1 aliphatic heterocycles. The van der Waals surface area contributed by atoms with Gasteiger partial charge in [-0.15, -0.1) is 0 Å². The molecule has 0 amide bonds. The van der Waals surface area contributed by atoms with Crippen LogP contribution in [0.5, 0.6) is 5.75 Å². The van der Waals surface area contributed by atoms with E-state index in [-0.39, 0.29) is 11.2 Å². The summed E-state index contributed by atoms with van der Waals surface area (Å²) in [7, 11) is 0. The summed E-state index contributed by atoms with van der Waals surface area (Å²) in [6.45, 7) is 12.6. The van der Waals surface area contributed by atoms with Gasteiger partial charge in [-0.25, -0.2) is 0 Å². The van der Waals surface area contributed by atoms with Crippen molar-refractivity contribution in [2.75, 3.05) is 13.1 Å². The molecule has 1 aliphatic rings. The second-order valence-electron chi connectivity index (χ2n) is 7.20. The molecule has 1 saturated heterocycles. The molecular formula is C17H28N2O2. The maximum Gasteiger partial charge on any atom is 0.223 e. The van der Waals surface area contributed by atoms with Crippen LogP contribution in [-0.2, 0) is 13.1 Å². The number of piperidine rings is 1. The van der Waals surface area contributed by atoms with Crippen LogP contribution < -0.4 is 5.43 Å². The fourth-order valence-corrected chi connectivity index (χ4v) is 3.45. The summed E-state index contributed by atoms with van der Waals surface area (Å²) in [6.07, 6.45) is 2.87. The standard InChI is InChI=1S/C17H28N2O2/c1-12(2)7-19-11-17(21)16(20)6-15(19)10-18-8-13(3)5-14(4)9-18/h6,11-14,21H,5,7-10H2,1-4H3. The molecule has 1 N–H and O–H groups in total. The summed E-state index contributed by atoms with van der Waals surface area (Å²) in [5, 5.41) is 9.68. The second-order valence-corrected chi connectivity index (χ2v) is 7.20. The lowest BCUT2D eigenvalue weighted by Gasteiger charge is -2.35. The molecule has 0 saturated carbocycles. The Bertz CT molecular complexity index is 526. The molecule has 0 radical (unpaired) electrons. The Morgan fingerprint density at radius 1 is 1.29 bits per heavy atom. The number of aromatic nitrogens is 1. The van der Waals surface area contributed by atoms with Crippen LogP contribution in [0.15, 0.2) is 17.1 Å². The average Bonchev–Trinajstić information content (AvgIpc) is 2.33. The molecule has 0 spiro atoms. The van der Waals surface area contributed by atoms with E-state index in [9.17, 15) is 9.90 Å². The smallest absolute Gasteiger partial charge is 0.223 e. The quantitative estimate of drug-likeness (QED) is 0.928. The molecule has 1 aromatic rings. The SMILES string of the molecule is CC(C)Cn1cc(O)c(=O)cc1CN1CC(C)CC(C)C1. The highest BCUT2D eigenvalue weighted by molar-refractivity contribution is 5.20. The van der Waals surface area contributed by atoms with E-state index in [0.717, 1.165) is 31.9 Å². The van der Waals surface area contributed by atoms with Crippen molar-refractivity contribution in [3.63, 3.8) is 0 Å². The first-order valence-corrected chi connectivity index (χ1v) is 7.99. The summed E-state index contributed by atoms with van der Waals surface area (Å²) < 4.78 is 2.03. The molecular weight excluding hydrogens is 264 g/mol. The lowest BCUT2D eigenvalue weighted by atomic mass is 9.92. The summed E-state index contributed by atoms with van der Waals surface area (Å²) in [5.41, 5.74) is 0.732. The van der Waals surface area contributed by atoms with Crippen LogP contribution in [-0.4, -0.2) is 27.7 Å². The fraction of sp³-hybridized carbons (Fsp3) is 0.706. The first-order valence-electron chi connectivity index (χ1n) is 7.99. The van der Waals surface area contributed by atoms with Gasteiger partial charge in [0, 0.05) is 37.9 Å². The maximum absolute atomic E-state index is 11.8. The van der Waals surface area contributed by atoms with Crippen molar-refractivity contribution in [2.24, 2.45) is 17.8 Å². The Balaban J connectivity index is 2.21. The first-order chi connectivity index (χ1) is 9.85. The van der Waals surface area contributed by atoms with Gasteiger partial charge in [-0.2, -0.15) is 0 Å². The lowest BCUT2D eigenvalue weighted by Crippen LogP contribution is -2.39. The zero-order valence-corrected chi connectivity index (χ0v) is 13.7. The van der Waals surface area contributed by atoms with Crippen molar-refractivity contribution >= 4 is 0 Å². The van der Waals surface area contributed by atoms with Gasteiger partial charge in [0.2, 0.25) is 5.43 Å². The number of hydrogen-bond donors (Lipinski definition) is 1. The molecule has 118 valence electrons. The number of nitrogens with zero attached hydrogens (tertiary/aromatic N) is 2. The van der Waals surface area contributed by atoms with E-state index in [0.29, 0.717) is 17.8 Å². The van der Waals surface area contributed by atoms with Gasteiger partial charge in [-0.3, -0.25) is 9.69 Å². The fourth-order valence-electron chi connectivity index (χ4n) is 3.45.